The van der Waals surface area contributed by atoms with E-state index in [-0.39, 0.29) is 0 Å². The number of aromatic nitrogens is 1. The van der Waals surface area contributed by atoms with Crippen molar-refractivity contribution in [3.63, 3.8) is 0 Å². The highest BCUT2D eigenvalue weighted by Gasteiger charge is 2.00. The van der Waals surface area contributed by atoms with Crippen molar-refractivity contribution < 1.29 is 0 Å². The van der Waals surface area contributed by atoms with Crippen LogP contribution in [0.1, 0.15) is 5.69 Å². The highest BCUT2D eigenvalue weighted by atomic mass is 32.2. The molecule has 6 nitrogen and oxygen atoms in total. The topological polar surface area (TPSA) is 99.1 Å². The number of nitrogens with zero attached hydrogens (tertiary/aromatic N) is 3. The Morgan fingerprint density at radius 3 is 3.35 bits per heavy atom. The highest BCUT2D eigenvalue weighted by molar-refractivity contribution is 7.98. The summed E-state index contributed by atoms with van der Waals surface area (Å²) in [6.07, 6.45) is 3.18. The van der Waals surface area contributed by atoms with Crippen LogP contribution >= 0.6 is 23.1 Å². The third kappa shape index (κ3) is 6.11. The van der Waals surface area contributed by atoms with Crippen LogP contribution in [0.3, 0.4) is 0 Å². The van der Waals surface area contributed by atoms with Crippen molar-refractivity contribution in [1.82, 2.24) is 10.3 Å². The minimum atomic E-state index is 0.403. The fourth-order valence-corrected chi connectivity index (χ4v) is 2.54. The lowest BCUT2D eigenvalue weighted by atomic mass is 10.6. The SMILES string of the molecule is N#CNC=NCCSCc1csc(NCN)n1. The number of hydrogen-bond donors (Lipinski definition) is 3. The number of nitriles is 1. The molecule has 1 aromatic heterocycles. The Kier molecular flexibility index (Phi) is 7.13. The lowest BCUT2D eigenvalue weighted by molar-refractivity contribution is 1.11. The number of aliphatic imine (C=N–C) groups is 1. The van der Waals surface area contributed by atoms with Crippen molar-refractivity contribution in [3.05, 3.63) is 11.1 Å². The zero-order valence-corrected chi connectivity index (χ0v) is 10.9. The van der Waals surface area contributed by atoms with Crippen LogP contribution in [0, 0.1) is 11.5 Å². The normalized spacial score (nSPS) is 10.4. The quantitative estimate of drug-likeness (QED) is 0.161. The van der Waals surface area contributed by atoms with Gasteiger partial charge >= 0.3 is 0 Å². The van der Waals surface area contributed by atoms with Crippen LogP contribution in [0.4, 0.5) is 5.13 Å². The Labute approximate surface area is 108 Å². The number of thiazole rings is 1. The van der Waals surface area contributed by atoms with Crippen LogP contribution in [0.5, 0.6) is 0 Å². The van der Waals surface area contributed by atoms with Gasteiger partial charge in [-0.15, -0.1) is 11.3 Å². The zero-order valence-electron chi connectivity index (χ0n) is 9.22. The van der Waals surface area contributed by atoms with Gasteiger partial charge in [0.2, 0.25) is 0 Å². The second-order valence-electron chi connectivity index (χ2n) is 2.87. The van der Waals surface area contributed by atoms with Crippen molar-refractivity contribution in [2.75, 3.05) is 24.3 Å². The van der Waals surface area contributed by atoms with Gasteiger partial charge in [-0.25, -0.2) is 4.98 Å². The third-order valence-corrected chi connectivity index (χ3v) is 3.46. The standard InChI is InChI=1S/C9H14N6S2/c10-5-13-7-12-1-2-16-3-8-4-17-9(15-8)14-6-11/h4,7H,1-3,6,11H2,(H,12,13)(H,14,15). The molecule has 1 aromatic rings. The third-order valence-electron chi connectivity index (χ3n) is 1.64. The van der Waals surface area contributed by atoms with E-state index in [0.717, 1.165) is 22.3 Å². The Morgan fingerprint density at radius 2 is 2.59 bits per heavy atom. The molecule has 17 heavy (non-hydrogen) atoms. The van der Waals surface area contributed by atoms with Crippen LogP contribution in [0.15, 0.2) is 10.4 Å². The maximum absolute atomic E-state index is 8.18. The first-order valence-electron chi connectivity index (χ1n) is 4.96. The Morgan fingerprint density at radius 1 is 1.71 bits per heavy atom. The van der Waals surface area contributed by atoms with E-state index in [9.17, 15) is 0 Å². The maximum Gasteiger partial charge on any atom is 0.183 e. The number of nitrogens with one attached hydrogen (secondary N) is 2. The molecule has 0 atom stereocenters. The lowest BCUT2D eigenvalue weighted by Gasteiger charge is -1.96. The molecule has 92 valence electrons. The second kappa shape index (κ2) is 8.81. The van der Waals surface area contributed by atoms with Gasteiger partial charge in [-0.05, 0) is 0 Å². The predicted octanol–water partition coefficient (Wildman–Crippen LogP) is 0.803. The average Bonchev–Trinajstić information content (AvgIpc) is 2.76. The van der Waals surface area contributed by atoms with Gasteiger partial charge in [-0.2, -0.15) is 17.0 Å². The first-order chi connectivity index (χ1) is 8.36. The summed E-state index contributed by atoms with van der Waals surface area (Å²) < 4.78 is 0. The second-order valence-corrected chi connectivity index (χ2v) is 4.83. The molecule has 0 aliphatic rings. The Hall–Kier alpha value is -1.30. The molecule has 0 fully saturated rings. The van der Waals surface area contributed by atoms with E-state index < -0.39 is 0 Å². The fourth-order valence-electron chi connectivity index (χ4n) is 0.975. The van der Waals surface area contributed by atoms with Crippen LogP contribution in [0.25, 0.3) is 0 Å². The number of anilines is 1. The van der Waals surface area contributed by atoms with Gasteiger partial charge in [0.25, 0.3) is 0 Å². The molecular weight excluding hydrogens is 256 g/mol. The molecule has 0 saturated heterocycles. The lowest BCUT2D eigenvalue weighted by Crippen LogP contribution is -2.10. The van der Waals surface area contributed by atoms with Gasteiger partial charge in [-0.3, -0.25) is 10.3 Å². The molecule has 0 bridgehead atoms. The van der Waals surface area contributed by atoms with E-state index >= 15 is 0 Å². The molecule has 1 rings (SSSR count). The van der Waals surface area contributed by atoms with Crippen molar-refractivity contribution in [1.29, 1.82) is 5.26 Å². The van der Waals surface area contributed by atoms with E-state index in [1.54, 1.807) is 29.3 Å². The number of rotatable bonds is 8. The summed E-state index contributed by atoms with van der Waals surface area (Å²) in [6, 6.07) is 0. The van der Waals surface area contributed by atoms with Crippen LogP contribution < -0.4 is 16.4 Å². The van der Waals surface area contributed by atoms with Crippen LogP contribution in [0.2, 0.25) is 0 Å². The number of thioether (sulfide) groups is 1. The predicted molar refractivity (Wildman–Crippen MR) is 73.1 cm³/mol. The first-order valence-corrected chi connectivity index (χ1v) is 6.99. The molecule has 8 heteroatoms. The van der Waals surface area contributed by atoms with Crippen LogP contribution in [-0.4, -0.2) is 30.3 Å². The summed E-state index contributed by atoms with van der Waals surface area (Å²) >= 11 is 3.31. The summed E-state index contributed by atoms with van der Waals surface area (Å²) in [5.41, 5.74) is 6.41. The summed E-state index contributed by atoms with van der Waals surface area (Å²) in [4.78, 5) is 8.36. The van der Waals surface area contributed by atoms with Gasteiger partial charge in [0, 0.05) is 23.4 Å². The fraction of sp³-hybridized carbons (Fsp3) is 0.444. The van der Waals surface area contributed by atoms with Gasteiger partial charge in [0.15, 0.2) is 11.3 Å². The van der Waals surface area contributed by atoms with Crippen molar-refractivity contribution in [3.8, 4) is 6.19 Å². The highest BCUT2D eigenvalue weighted by Crippen LogP contribution is 2.18. The van der Waals surface area contributed by atoms with E-state index in [2.05, 4.69) is 20.6 Å². The van der Waals surface area contributed by atoms with E-state index in [4.69, 9.17) is 11.0 Å². The molecule has 1 heterocycles. The molecule has 0 spiro atoms. The Bertz CT molecular complexity index is 383. The first kappa shape index (κ1) is 13.8. The molecule has 0 unspecified atom stereocenters. The van der Waals surface area contributed by atoms with Gasteiger partial charge in [0.05, 0.1) is 18.7 Å². The van der Waals surface area contributed by atoms with E-state index in [1.165, 1.54) is 6.34 Å². The van der Waals surface area contributed by atoms with Crippen molar-refractivity contribution in [2.24, 2.45) is 10.7 Å². The molecule has 0 radical (unpaired) electrons. The summed E-state index contributed by atoms with van der Waals surface area (Å²) in [7, 11) is 0. The summed E-state index contributed by atoms with van der Waals surface area (Å²) in [5, 5.41) is 16.4. The number of hydrogen-bond acceptors (Lipinski definition) is 7. The summed E-state index contributed by atoms with van der Waals surface area (Å²) in [6.45, 7) is 1.10. The van der Waals surface area contributed by atoms with Gasteiger partial charge < -0.3 is 11.1 Å². The molecule has 0 aromatic carbocycles. The number of nitrogens with two attached hydrogens (primary N) is 1. The van der Waals surface area contributed by atoms with Gasteiger partial charge in [-0.1, -0.05) is 0 Å². The Balaban J connectivity index is 2.11. The average molecular weight is 270 g/mol. The molecular formula is C9H14N6S2. The largest absolute Gasteiger partial charge is 0.349 e. The van der Waals surface area contributed by atoms with E-state index in [0.29, 0.717) is 13.2 Å². The zero-order chi connectivity index (χ0) is 12.3. The smallest absolute Gasteiger partial charge is 0.183 e. The van der Waals surface area contributed by atoms with Gasteiger partial charge in [0.1, 0.15) is 0 Å². The van der Waals surface area contributed by atoms with E-state index in [1.807, 2.05) is 5.38 Å². The monoisotopic (exact) mass is 270 g/mol. The minimum absolute atomic E-state index is 0.403. The maximum atomic E-state index is 8.18. The van der Waals surface area contributed by atoms with Crippen molar-refractivity contribution >= 4 is 34.6 Å². The molecule has 0 aliphatic heterocycles. The van der Waals surface area contributed by atoms with Crippen molar-refractivity contribution in [2.45, 2.75) is 5.75 Å². The molecule has 0 amide bonds. The molecule has 0 saturated carbocycles. The minimum Gasteiger partial charge on any atom is -0.349 e. The van der Waals surface area contributed by atoms with Crippen LogP contribution in [-0.2, 0) is 5.75 Å². The molecule has 0 aliphatic carbocycles. The molecule has 4 N–H and O–H groups in total. The summed E-state index contributed by atoms with van der Waals surface area (Å²) in [5.74, 6) is 1.77.